The van der Waals surface area contributed by atoms with Crippen LogP contribution in [-0.4, -0.2) is 53.8 Å². The topological polar surface area (TPSA) is 64.6 Å². The molecule has 0 amide bonds. The third-order valence-electron chi connectivity index (χ3n) is 8.11. The number of benzene rings is 2. The molecule has 3 aliphatic heterocycles. The van der Waals surface area contributed by atoms with Crippen molar-refractivity contribution in [3.8, 4) is 5.75 Å². The van der Waals surface area contributed by atoms with Gasteiger partial charge in [-0.3, -0.25) is 0 Å². The fourth-order valence-electron chi connectivity index (χ4n) is 6.69. The highest BCUT2D eigenvalue weighted by Crippen LogP contribution is 2.64. The highest BCUT2D eigenvalue weighted by molar-refractivity contribution is 6.65. The van der Waals surface area contributed by atoms with Gasteiger partial charge in [0.15, 0.2) is 0 Å². The molecule has 198 valence electrons. The van der Waals surface area contributed by atoms with Gasteiger partial charge in [-0.2, -0.15) is 0 Å². The average molecular weight is 525 g/mol. The summed E-state index contributed by atoms with van der Waals surface area (Å²) in [6.45, 7) is 10.9. The lowest BCUT2D eigenvalue weighted by molar-refractivity contribution is -0.349. The van der Waals surface area contributed by atoms with Crippen LogP contribution in [0.15, 0.2) is 60.7 Å². The van der Waals surface area contributed by atoms with Gasteiger partial charge in [0, 0.05) is 12.2 Å². The lowest BCUT2D eigenvalue weighted by Crippen LogP contribution is -2.75. The standard InChI is InChI=1S/C29H36O7Si/c1-21-19-35-37(3,4)36-28(21)23-13-10-14-24(30-2)25(23)29(33-17-18-34-29)26(27(28)15-8-9-16-32-27)31-20-22-11-6-5-7-12-22/h5-7,10-14,26H,1,8-9,15-20H2,2-4H3/t26-,27-,28-/m0/s1. The monoisotopic (exact) mass is 524 g/mol. The Morgan fingerprint density at radius 3 is 2.46 bits per heavy atom. The van der Waals surface area contributed by atoms with Crippen LogP contribution < -0.4 is 4.74 Å². The van der Waals surface area contributed by atoms with E-state index in [1.807, 2.05) is 30.3 Å². The first-order valence-corrected chi connectivity index (χ1v) is 16.0. The second kappa shape index (κ2) is 9.31. The van der Waals surface area contributed by atoms with Crippen molar-refractivity contribution in [2.75, 3.05) is 33.5 Å². The number of fused-ring (bicyclic) bond motifs is 4. The van der Waals surface area contributed by atoms with Crippen LogP contribution in [0.25, 0.3) is 0 Å². The van der Waals surface area contributed by atoms with Gasteiger partial charge >= 0.3 is 8.56 Å². The summed E-state index contributed by atoms with van der Waals surface area (Å²) in [6.07, 6.45) is 1.99. The molecule has 37 heavy (non-hydrogen) atoms. The summed E-state index contributed by atoms with van der Waals surface area (Å²) < 4.78 is 46.4. The summed E-state index contributed by atoms with van der Waals surface area (Å²) >= 11 is 0. The van der Waals surface area contributed by atoms with Crippen molar-refractivity contribution in [1.82, 2.24) is 0 Å². The largest absolute Gasteiger partial charge is 0.496 e. The summed E-state index contributed by atoms with van der Waals surface area (Å²) in [5.74, 6) is -0.549. The maximum Gasteiger partial charge on any atom is 0.333 e. The Morgan fingerprint density at radius 1 is 0.973 bits per heavy atom. The van der Waals surface area contributed by atoms with E-state index in [0.717, 1.165) is 35.1 Å². The van der Waals surface area contributed by atoms with Crippen LogP contribution >= 0.6 is 0 Å². The summed E-state index contributed by atoms with van der Waals surface area (Å²) in [4.78, 5) is 0. The Morgan fingerprint density at radius 2 is 1.76 bits per heavy atom. The molecule has 3 spiro atoms. The molecule has 2 aromatic rings. The molecule has 4 aliphatic rings. The van der Waals surface area contributed by atoms with Crippen molar-refractivity contribution in [2.24, 2.45) is 0 Å². The predicted molar refractivity (Wildman–Crippen MR) is 139 cm³/mol. The van der Waals surface area contributed by atoms with E-state index in [9.17, 15) is 0 Å². The molecule has 0 aromatic heterocycles. The summed E-state index contributed by atoms with van der Waals surface area (Å²) in [5, 5.41) is 0. The zero-order chi connectivity index (χ0) is 25.7. The van der Waals surface area contributed by atoms with E-state index in [4.69, 9.17) is 32.5 Å². The maximum absolute atomic E-state index is 7.16. The third-order valence-corrected chi connectivity index (χ3v) is 9.74. The molecule has 8 heteroatoms. The van der Waals surface area contributed by atoms with Gasteiger partial charge in [-0.15, -0.1) is 0 Å². The maximum atomic E-state index is 7.16. The summed E-state index contributed by atoms with van der Waals surface area (Å²) in [7, 11) is -0.913. The zero-order valence-electron chi connectivity index (χ0n) is 21.9. The van der Waals surface area contributed by atoms with Gasteiger partial charge in [0.1, 0.15) is 23.1 Å². The van der Waals surface area contributed by atoms with Gasteiger partial charge in [-0.25, -0.2) is 0 Å². The SMILES string of the molecule is C=C1CO[Si](C)(C)O[C@]12c1cccc(OC)c1C1(OCCO1)[C@@H](OCc1ccccc1)[C@@]21CCCCO1. The van der Waals surface area contributed by atoms with E-state index in [-0.39, 0.29) is 0 Å². The number of hydrogen-bond acceptors (Lipinski definition) is 7. The Labute approximate surface area is 219 Å². The molecular formula is C29H36O7Si. The molecular weight excluding hydrogens is 488 g/mol. The first-order chi connectivity index (χ1) is 17.9. The average Bonchev–Trinajstić information content (AvgIpc) is 3.40. The summed E-state index contributed by atoms with van der Waals surface area (Å²) in [6, 6.07) is 16.2. The van der Waals surface area contributed by atoms with Crippen LogP contribution in [0.2, 0.25) is 13.1 Å². The molecule has 3 atom stereocenters. The molecule has 2 aromatic carbocycles. The molecule has 3 fully saturated rings. The highest BCUT2D eigenvalue weighted by Gasteiger charge is 2.75. The smallest absolute Gasteiger partial charge is 0.333 e. The number of methoxy groups -OCH3 is 1. The van der Waals surface area contributed by atoms with E-state index in [1.165, 1.54) is 0 Å². The van der Waals surface area contributed by atoms with Gasteiger partial charge in [0.25, 0.3) is 0 Å². The van der Waals surface area contributed by atoms with E-state index in [1.54, 1.807) is 7.11 Å². The van der Waals surface area contributed by atoms with Crippen LogP contribution in [0.1, 0.15) is 36.0 Å². The van der Waals surface area contributed by atoms with Gasteiger partial charge in [-0.1, -0.05) is 49.0 Å². The van der Waals surface area contributed by atoms with E-state index < -0.39 is 31.7 Å². The first-order valence-electron chi connectivity index (χ1n) is 13.2. The van der Waals surface area contributed by atoms with Crippen molar-refractivity contribution < 1.29 is 32.5 Å². The fourth-order valence-corrected chi connectivity index (χ4v) is 8.44. The second-order valence-corrected chi connectivity index (χ2v) is 14.0. The van der Waals surface area contributed by atoms with Crippen molar-refractivity contribution in [2.45, 2.75) is 62.1 Å². The molecule has 3 saturated heterocycles. The van der Waals surface area contributed by atoms with Crippen molar-refractivity contribution >= 4 is 8.56 Å². The first kappa shape index (κ1) is 25.2. The van der Waals surface area contributed by atoms with Gasteiger partial charge in [0.05, 0.1) is 39.1 Å². The fraction of sp³-hybridized carbons (Fsp3) is 0.517. The van der Waals surface area contributed by atoms with Gasteiger partial charge in [-0.05, 0) is 49.6 Å². The van der Waals surface area contributed by atoms with Gasteiger partial charge < -0.3 is 32.5 Å². The molecule has 0 unspecified atom stereocenters. The van der Waals surface area contributed by atoms with Crippen molar-refractivity contribution in [3.63, 3.8) is 0 Å². The Hall–Kier alpha value is -2.04. The third kappa shape index (κ3) is 3.69. The molecule has 6 rings (SSSR count). The number of rotatable bonds is 4. The van der Waals surface area contributed by atoms with Crippen molar-refractivity contribution in [1.29, 1.82) is 0 Å². The van der Waals surface area contributed by atoms with Crippen LogP contribution in [0.4, 0.5) is 0 Å². The molecule has 7 nitrogen and oxygen atoms in total. The van der Waals surface area contributed by atoms with Crippen LogP contribution in [0, 0.1) is 0 Å². The minimum Gasteiger partial charge on any atom is -0.496 e. The highest BCUT2D eigenvalue weighted by atomic mass is 28.4. The lowest BCUT2D eigenvalue weighted by atomic mass is 9.59. The quantitative estimate of drug-likeness (QED) is 0.415. The number of hydrogen-bond donors (Lipinski definition) is 0. The van der Waals surface area contributed by atoms with E-state index >= 15 is 0 Å². The minimum atomic E-state index is -2.58. The molecule has 1 aliphatic carbocycles. The molecule has 0 N–H and O–H groups in total. The van der Waals surface area contributed by atoms with Crippen LogP contribution in [0.5, 0.6) is 5.75 Å². The van der Waals surface area contributed by atoms with Crippen LogP contribution in [0.3, 0.4) is 0 Å². The second-order valence-electron chi connectivity index (χ2n) is 10.7. The predicted octanol–water partition coefficient (Wildman–Crippen LogP) is 4.93. The minimum absolute atomic E-state index is 0.370. The molecule has 0 saturated carbocycles. The Balaban J connectivity index is 1.64. The van der Waals surface area contributed by atoms with Gasteiger partial charge in [0.2, 0.25) is 5.79 Å². The summed E-state index contributed by atoms with van der Waals surface area (Å²) in [5.41, 5.74) is 1.63. The van der Waals surface area contributed by atoms with E-state index in [2.05, 4.69) is 37.9 Å². The Kier molecular flexibility index (Phi) is 6.35. The van der Waals surface area contributed by atoms with Crippen molar-refractivity contribution in [3.05, 3.63) is 77.4 Å². The zero-order valence-corrected chi connectivity index (χ0v) is 22.9. The molecule has 0 bridgehead atoms. The Bertz CT molecular complexity index is 1150. The van der Waals surface area contributed by atoms with E-state index in [0.29, 0.717) is 45.2 Å². The normalized spacial score (nSPS) is 32.1. The lowest BCUT2D eigenvalue weighted by Gasteiger charge is -2.64. The number of ether oxygens (including phenoxy) is 5. The molecule has 3 heterocycles. The molecule has 0 radical (unpaired) electrons. The van der Waals surface area contributed by atoms with Crippen LogP contribution in [-0.2, 0) is 45.8 Å².